The van der Waals surface area contributed by atoms with Crippen LogP contribution in [0, 0.1) is 12.7 Å². The van der Waals surface area contributed by atoms with Crippen LogP contribution in [0.4, 0.5) is 13.0 Å². The van der Waals surface area contributed by atoms with Crippen LogP contribution in [0.3, 0.4) is 0 Å². The Kier molecular flexibility index (Phi) is 7.09. The van der Waals surface area contributed by atoms with Gasteiger partial charge in [-0.1, -0.05) is 23.8 Å². The van der Waals surface area contributed by atoms with Crippen LogP contribution in [0.1, 0.15) is 32.7 Å². The van der Waals surface area contributed by atoms with Gasteiger partial charge in [0, 0.05) is 11.1 Å². The third kappa shape index (κ3) is 5.56. The lowest BCUT2D eigenvalue weighted by molar-refractivity contribution is 0.0894. The van der Waals surface area contributed by atoms with Crippen LogP contribution in [0.5, 0.6) is 0 Å². The molecule has 0 spiro atoms. The molecular formula is C16H13BF3O2. The first kappa shape index (κ1) is 17.7. The second kappa shape index (κ2) is 8.82. The number of hydrogen-bond acceptors (Lipinski definition) is 2. The van der Waals surface area contributed by atoms with Crippen LogP contribution in [0.25, 0.3) is 0 Å². The van der Waals surface area contributed by atoms with Crippen LogP contribution in [0.15, 0.2) is 48.5 Å². The number of Topliss-reactive ketones (excluding diaryl/α,β-unsaturated/α-hetero) is 2. The Balaban J connectivity index is 0.000000745. The molecule has 0 aliphatic rings. The molecule has 0 aliphatic carbocycles. The van der Waals surface area contributed by atoms with Gasteiger partial charge in [0.15, 0.2) is 11.6 Å². The van der Waals surface area contributed by atoms with Crippen LogP contribution in [0.2, 0.25) is 0 Å². The second-order valence-corrected chi connectivity index (χ2v) is 4.48. The number of carbonyl (C=O) groups excluding carboxylic acids is 2. The average molecular weight is 305 g/mol. The summed E-state index contributed by atoms with van der Waals surface area (Å²) in [5.41, 5.74) is 1.85. The van der Waals surface area contributed by atoms with E-state index in [0.717, 1.165) is 5.56 Å². The monoisotopic (exact) mass is 305 g/mol. The van der Waals surface area contributed by atoms with E-state index >= 15 is 0 Å². The van der Waals surface area contributed by atoms with Crippen molar-refractivity contribution in [1.29, 1.82) is 0 Å². The van der Waals surface area contributed by atoms with E-state index in [1.54, 1.807) is 18.2 Å². The summed E-state index contributed by atoms with van der Waals surface area (Å²) in [6.45, 7) is 1.89. The normalized spacial score (nSPS) is 9.45. The molecule has 2 rings (SSSR count). The van der Waals surface area contributed by atoms with Gasteiger partial charge in [0.2, 0.25) is 0 Å². The zero-order valence-electron chi connectivity index (χ0n) is 11.9. The van der Waals surface area contributed by atoms with E-state index in [0.29, 0.717) is 11.1 Å². The van der Waals surface area contributed by atoms with Crippen molar-refractivity contribution in [1.82, 2.24) is 0 Å². The van der Waals surface area contributed by atoms with Gasteiger partial charge in [0.05, 0.1) is 6.42 Å². The lowest BCUT2D eigenvalue weighted by Gasteiger charge is -2.02. The minimum absolute atomic E-state index is 0.199. The average Bonchev–Trinajstić information content (AvgIpc) is 2.48. The van der Waals surface area contributed by atoms with Crippen molar-refractivity contribution in [2.75, 3.05) is 0 Å². The molecule has 0 unspecified atom stereocenters. The van der Waals surface area contributed by atoms with Gasteiger partial charge in [-0.2, -0.15) is 0 Å². The number of aryl methyl sites for hydroxylation is 1. The highest BCUT2D eigenvalue weighted by Gasteiger charge is 2.13. The molecule has 0 saturated carbocycles. The summed E-state index contributed by atoms with van der Waals surface area (Å²) >= 11 is 0. The number of halogens is 3. The highest BCUT2D eigenvalue weighted by Crippen LogP contribution is 2.11. The molecule has 6 heteroatoms. The lowest BCUT2D eigenvalue weighted by Crippen LogP contribution is -2.08. The number of ketones is 2. The van der Waals surface area contributed by atoms with Gasteiger partial charge in [-0.05, 0) is 37.3 Å². The molecule has 0 aromatic heterocycles. The van der Waals surface area contributed by atoms with Gasteiger partial charge in [-0.3, -0.25) is 18.2 Å². The minimum atomic E-state index is -1.00. The van der Waals surface area contributed by atoms with Gasteiger partial charge in [0.1, 0.15) is 5.82 Å². The molecule has 0 atom stereocenters. The summed E-state index contributed by atoms with van der Waals surface area (Å²) in [5.74, 6) is -0.925. The molecule has 2 nitrogen and oxygen atoms in total. The molecule has 2 aromatic carbocycles. The van der Waals surface area contributed by atoms with E-state index in [4.69, 9.17) is 0 Å². The van der Waals surface area contributed by atoms with Crippen LogP contribution in [-0.2, 0) is 0 Å². The largest absolute Gasteiger partial charge is 0.577 e. The molecule has 0 heterocycles. The molecule has 0 fully saturated rings. The molecule has 1 radical (unpaired) electrons. The Hall–Kier alpha value is -2.37. The summed E-state index contributed by atoms with van der Waals surface area (Å²) in [4.78, 5) is 23.8. The predicted molar refractivity (Wildman–Crippen MR) is 78.8 cm³/mol. The van der Waals surface area contributed by atoms with E-state index < -0.39 is 13.7 Å². The summed E-state index contributed by atoms with van der Waals surface area (Å²) in [5, 5.41) is 0. The van der Waals surface area contributed by atoms with E-state index in [1.807, 2.05) is 13.0 Å². The maximum Gasteiger partial charge on any atom is 0.577 e. The van der Waals surface area contributed by atoms with Gasteiger partial charge >= 0.3 is 7.83 Å². The van der Waals surface area contributed by atoms with Gasteiger partial charge < -0.3 is 0 Å². The van der Waals surface area contributed by atoms with E-state index in [9.17, 15) is 22.6 Å². The summed E-state index contributed by atoms with van der Waals surface area (Å²) in [7, 11) is -1.00. The first-order valence-electron chi connectivity index (χ1n) is 6.38. The molecule has 0 N–H and O–H groups in total. The van der Waals surface area contributed by atoms with Gasteiger partial charge in [-0.25, -0.2) is 4.39 Å². The molecule has 2 aromatic rings. The van der Waals surface area contributed by atoms with Crippen LogP contribution in [-0.4, -0.2) is 19.4 Å². The fourth-order valence-corrected chi connectivity index (χ4v) is 1.80. The molecular weight excluding hydrogens is 292 g/mol. The summed E-state index contributed by atoms with van der Waals surface area (Å²) in [6.07, 6.45) is -0.199. The van der Waals surface area contributed by atoms with Gasteiger partial charge in [-0.15, -0.1) is 0 Å². The topological polar surface area (TPSA) is 34.1 Å². The molecule has 0 amide bonds. The Labute approximate surface area is 127 Å². The smallest absolute Gasteiger partial charge is 0.294 e. The standard InChI is InChI=1S/C16H13FO2.BF2/c1-11-3-2-4-13(9-11)16(19)10-15(18)12-5-7-14(17)8-6-12;2-1-3/h2-9H,10H2,1H3;. The minimum Gasteiger partial charge on any atom is -0.294 e. The van der Waals surface area contributed by atoms with E-state index in [2.05, 4.69) is 0 Å². The molecule has 22 heavy (non-hydrogen) atoms. The Morgan fingerprint density at radius 1 is 0.955 bits per heavy atom. The predicted octanol–water partition coefficient (Wildman–Crippen LogP) is 4.05. The fraction of sp³-hybridized carbons (Fsp3) is 0.125. The summed E-state index contributed by atoms with van der Waals surface area (Å²) < 4.78 is 31.7. The van der Waals surface area contributed by atoms with Crippen LogP contribution < -0.4 is 0 Å². The van der Waals surface area contributed by atoms with Gasteiger partial charge in [0.25, 0.3) is 0 Å². The first-order chi connectivity index (χ1) is 10.5. The van der Waals surface area contributed by atoms with E-state index in [-0.39, 0.29) is 18.0 Å². The second-order valence-electron chi connectivity index (χ2n) is 4.48. The van der Waals surface area contributed by atoms with Crippen molar-refractivity contribution >= 4 is 19.4 Å². The van der Waals surface area contributed by atoms with Crippen molar-refractivity contribution < 1.29 is 22.6 Å². The fourth-order valence-electron chi connectivity index (χ4n) is 1.80. The Morgan fingerprint density at radius 3 is 2.05 bits per heavy atom. The first-order valence-corrected chi connectivity index (χ1v) is 6.38. The van der Waals surface area contributed by atoms with Crippen molar-refractivity contribution in [2.45, 2.75) is 13.3 Å². The van der Waals surface area contributed by atoms with E-state index in [1.165, 1.54) is 24.3 Å². The lowest BCUT2D eigenvalue weighted by atomic mass is 10.0. The highest BCUT2D eigenvalue weighted by molar-refractivity contribution is 6.15. The number of benzene rings is 2. The number of rotatable bonds is 4. The Morgan fingerprint density at radius 2 is 1.50 bits per heavy atom. The quantitative estimate of drug-likeness (QED) is 0.485. The SMILES string of the molecule is Cc1cccc(C(=O)CC(=O)c2ccc(F)cc2)c1.F[B]F. The van der Waals surface area contributed by atoms with Crippen molar-refractivity contribution in [3.8, 4) is 0 Å². The number of carbonyl (C=O) groups is 2. The maximum absolute atomic E-state index is 12.7. The maximum atomic E-state index is 12.7. The third-order valence-corrected chi connectivity index (χ3v) is 2.83. The van der Waals surface area contributed by atoms with Crippen molar-refractivity contribution in [2.24, 2.45) is 0 Å². The molecule has 0 bridgehead atoms. The summed E-state index contributed by atoms with van der Waals surface area (Å²) in [6, 6.07) is 12.3. The zero-order chi connectivity index (χ0) is 16.5. The zero-order valence-corrected chi connectivity index (χ0v) is 11.9. The number of hydrogen-bond donors (Lipinski definition) is 0. The highest BCUT2D eigenvalue weighted by atomic mass is 19.2. The molecule has 0 saturated heterocycles. The van der Waals surface area contributed by atoms with Crippen molar-refractivity contribution in [3.63, 3.8) is 0 Å². The Bertz CT molecular complexity index is 642. The van der Waals surface area contributed by atoms with Crippen molar-refractivity contribution in [3.05, 3.63) is 71.0 Å². The molecule has 113 valence electrons. The molecule has 0 aliphatic heterocycles. The van der Waals surface area contributed by atoms with Crippen LogP contribution >= 0.6 is 0 Å². The third-order valence-electron chi connectivity index (χ3n) is 2.83.